The molecule has 1 saturated heterocycles. The molecule has 138 valence electrons. The fourth-order valence-electron chi connectivity index (χ4n) is 2.84. The smallest absolute Gasteiger partial charge is 0.273 e. The first-order valence-corrected chi connectivity index (χ1v) is 8.73. The van der Waals surface area contributed by atoms with Crippen LogP contribution in [0.25, 0.3) is 0 Å². The number of ether oxygens (including phenoxy) is 1. The molecule has 0 saturated carbocycles. The predicted molar refractivity (Wildman–Crippen MR) is 95.6 cm³/mol. The third kappa shape index (κ3) is 3.50. The maximum atomic E-state index is 12.6. The Morgan fingerprint density at radius 1 is 1.19 bits per heavy atom. The maximum Gasteiger partial charge on any atom is 0.273 e. The number of methoxy groups -OCH3 is 1. The van der Waals surface area contributed by atoms with Crippen molar-refractivity contribution >= 4 is 23.4 Å². The van der Waals surface area contributed by atoms with Gasteiger partial charge in [0.1, 0.15) is 10.7 Å². The Balaban J connectivity index is 1.64. The van der Waals surface area contributed by atoms with Crippen molar-refractivity contribution in [1.29, 1.82) is 0 Å². The zero-order valence-electron chi connectivity index (χ0n) is 14.7. The first-order valence-electron chi connectivity index (χ1n) is 8.35. The Labute approximate surface area is 156 Å². The number of piperazine rings is 1. The Morgan fingerprint density at radius 3 is 2.42 bits per heavy atom. The number of nitrogens with zero attached hydrogens (tertiary/aromatic N) is 4. The molecule has 2 aromatic heterocycles. The van der Waals surface area contributed by atoms with Crippen molar-refractivity contribution in [2.75, 3.05) is 33.3 Å². The Morgan fingerprint density at radius 2 is 1.85 bits per heavy atom. The zero-order chi connectivity index (χ0) is 18.7. The standard InChI is InChI=1S/C17H20ClN5O3/c1-3-11-8-12(10-19-9-11)16(24)22-4-6-23(7-5-22)17(25)14-13(18)15(26-2)21-20-14/h8-10H,3-7H2,1-2H3,(H,20,21). The van der Waals surface area contributed by atoms with Crippen LogP contribution in [0.5, 0.6) is 5.88 Å². The molecule has 1 aliphatic rings. The highest BCUT2D eigenvalue weighted by molar-refractivity contribution is 6.34. The summed E-state index contributed by atoms with van der Waals surface area (Å²) in [5.41, 5.74) is 1.79. The van der Waals surface area contributed by atoms with Crippen LogP contribution in [-0.4, -0.2) is 70.1 Å². The third-order valence-corrected chi connectivity index (χ3v) is 4.74. The van der Waals surface area contributed by atoms with Gasteiger partial charge >= 0.3 is 0 Å². The van der Waals surface area contributed by atoms with Crippen LogP contribution in [-0.2, 0) is 6.42 Å². The molecular weight excluding hydrogens is 358 g/mol. The van der Waals surface area contributed by atoms with E-state index in [2.05, 4.69) is 15.2 Å². The normalized spacial score (nSPS) is 14.4. The molecule has 0 bridgehead atoms. The minimum absolute atomic E-state index is 0.0684. The summed E-state index contributed by atoms with van der Waals surface area (Å²) in [5, 5.41) is 6.62. The number of aromatic nitrogens is 3. The van der Waals surface area contributed by atoms with Crippen LogP contribution in [0.3, 0.4) is 0 Å². The number of halogens is 1. The predicted octanol–water partition coefficient (Wildman–Crippen LogP) is 1.63. The van der Waals surface area contributed by atoms with E-state index >= 15 is 0 Å². The van der Waals surface area contributed by atoms with Gasteiger partial charge in [-0.15, -0.1) is 5.10 Å². The van der Waals surface area contributed by atoms with Gasteiger partial charge in [0, 0.05) is 38.6 Å². The molecule has 26 heavy (non-hydrogen) atoms. The summed E-state index contributed by atoms with van der Waals surface area (Å²) in [7, 11) is 1.43. The average molecular weight is 378 g/mol. The molecule has 3 heterocycles. The number of rotatable bonds is 4. The largest absolute Gasteiger partial charge is 0.479 e. The number of nitrogens with one attached hydrogen (secondary N) is 1. The molecule has 8 nitrogen and oxygen atoms in total. The van der Waals surface area contributed by atoms with E-state index in [9.17, 15) is 9.59 Å². The van der Waals surface area contributed by atoms with Crippen molar-refractivity contribution in [2.24, 2.45) is 0 Å². The number of pyridine rings is 1. The van der Waals surface area contributed by atoms with Crippen molar-refractivity contribution < 1.29 is 14.3 Å². The summed E-state index contributed by atoms with van der Waals surface area (Å²) in [4.78, 5) is 32.7. The minimum atomic E-state index is -0.257. The van der Waals surface area contributed by atoms with Gasteiger partial charge in [0.05, 0.1) is 12.7 Å². The van der Waals surface area contributed by atoms with E-state index in [1.54, 1.807) is 22.2 Å². The molecule has 1 fully saturated rings. The molecule has 0 radical (unpaired) electrons. The number of hydrogen-bond donors (Lipinski definition) is 1. The fraction of sp³-hybridized carbons (Fsp3) is 0.412. The van der Waals surface area contributed by atoms with E-state index in [0.717, 1.165) is 12.0 Å². The number of aromatic amines is 1. The number of carbonyl (C=O) groups excluding carboxylic acids is 2. The SMILES string of the molecule is CCc1cncc(C(=O)N2CCN(C(=O)c3[nH]nc(OC)c3Cl)CC2)c1. The van der Waals surface area contributed by atoms with Crippen molar-refractivity contribution in [3.63, 3.8) is 0 Å². The molecule has 2 aromatic rings. The van der Waals surface area contributed by atoms with E-state index < -0.39 is 0 Å². The first-order chi connectivity index (χ1) is 12.5. The highest BCUT2D eigenvalue weighted by Crippen LogP contribution is 2.26. The van der Waals surface area contributed by atoms with Gasteiger partial charge in [-0.2, -0.15) is 0 Å². The molecule has 1 aliphatic heterocycles. The average Bonchev–Trinajstić information content (AvgIpc) is 3.07. The highest BCUT2D eigenvalue weighted by Gasteiger charge is 2.28. The topological polar surface area (TPSA) is 91.4 Å². The molecule has 0 atom stereocenters. The summed E-state index contributed by atoms with van der Waals surface area (Å²) in [6.07, 6.45) is 4.16. The van der Waals surface area contributed by atoms with Gasteiger partial charge in [-0.3, -0.25) is 19.7 Å². The molecule has 0 spiro atoms. The van der Waals surface area contributed by atoms with Gasteiger partial charge in [0.2, 0.25) is 0 Å². The molecular formula is C17H20ClN5O3. The lowest BCUT2D eigenvalue weighted by Gasteiger charge is -2.34. The van der Waals surface area contributed by atoms with Crippen molar-refractivity contribution in [2.45, 2.75) is 13.3 Å². The fourth-order valence-corrected chi connectivity index (χ4v) is 3.08. The quantitative estimate of drug-likeness (QED) is 0.874. The molecule has 0 unspecified atom stereocenters. The summed E-state index contributed by atoms with van der Waals surface area (Å²) in [5.74, 6) is -0.138. The summed E-state index contributed by atoms with van der Waals surface area (Å²) in [6, 6.07) is 1.86. The lowest BCUT2D eigenvalue weighted by Crippen LogP contribution is -2.50. The van der Waals surface area contributed by atoms with Crippen LogP contribution in [0.1, 0.15) is 33.3 Å². The van der Waals surface area contributed by atoms with Crippen molar-refractivity contribution in [3.05, 3.63) is 40.3 Å². The van der Waals surface area contributed by atoms with Gasteiger partial charge in [-0.05, 0) is 18.1 Å². The van der Waals surface area contributed by atoms with Crippen LogP contribution in [0.4, 0.5) is 0 Å². The molecule has 1 N–H and O–H groups in total. The van der Waals surface area contributed by atoms with E-state index in [1.807, 2.05) is 13.0 Å². The van der Waals surface area contributed by atoms with E-state index in [0.29, 0.717) is 31.7 Å². The Kier molecular flexibility index (Phi) is 5.41. The maximum absolute atomic E-state index is 12.6. The Bertz CT molecular complexity index is 814. The van der Waals surface area contributed by atoms with Gasteiger partial charge in [0.25, 0.3) is 17.7 Å². The van der Waals surface area contributed by atoms with Gasteiger partial charge < -0.3 is 14.5 Å². The van der Waals surface area contributed by atoms with E-state index in [-0.39, 0.29) is 28.4 Å². The number of hydrogen-bond acceptors (Lipinski definition) is 5. The molecule has 2 amide bonds. The zero-order valence-corrected chi connectivity index (χ0v) is 15.4. The second kappa shape index (κ2) is 7.74. The van der Waals surface area contributed by atoms with Crippen LogP contribution in [0.2, 0.25) is 5.02 Å². The van der Waals surface area contributed by atoms with Crippen LogP contribution >= 0.6 is 11.6 Å². The monoisotopic (exact) mass is 377 g/mol. The third-order valence-electron chi connectivity index (χ3n) is 4.39. The second-order valence-electron chi connectivity index (χ2n) is 5.94. The summed E-state index contributed by atoms with van der Waals surface area (Å²) < 4.78 is 4.98. The molecule has 0 aromatic carbocycles. The lowest BCUT2D eigenvalue weighted by molar-refractivity contribution is 0.0532. The number of carbonyl (C=O) groups is 2. The Hall–Kier alpha value is -2.61. The van der Waals surface area contributed by atoms with Crippen molar-refractivity contribution in [1.82, 2.24) is 25.0 Å². The summed E-state index contributed by atoms with van der Waals surface area (Å²) in [6.45, 7) is 3.76. The first kappa shape index (κ1) is 18.2. The highest BCUT2D eigenvalue weighted by atomic mass is 35.5. The van der Waals surface area contributed by atoms with Crippen LogP contribution in [0.15, 0.2) is 18.5 Å². The minimum Gasteiger partial charge on any atom is -0.479 e. The lowest BCUT2D eigenvalue weighted by atomic mass is 10.1. The molecule has 9 heteroatoms. The molecule has 3 rings (SSSR count). The number of H-pyrrole nitrogens is 1. The van der Waals surface area contributed by atoms with E-state index in [1.165, 1.54) is 7.11 Å². The van der Waals surface area contributed by atoms with E-state index in [4.69, 9.17) is 16.3 Å². The molecule has 0 aliphatic carbocycles. The van der Waals surface area contributed by atoms with Crippen LogP contribution in [0, 0.1) is 0 Å². The van der Waals surface area contributed by atoms with Gasteiger partial charge in [-0.25, -0.2) is 0 Å². The summed E-state index contributed by atoms with van der Waals surface area (Å²) >= 11 is 6.09. The van der Waals surface area contributed by atoms with Gasteiger partial charge in [0.15, 0.2) is 0 Å². The van der Waals surface area contributed by atoms with Gasteiger partial charge in [-0.1, -0.05) is 18.5 Å². The number of amides is 2. The van der Waals surface area contributed by atoms with Crippen LogP contribution < -0.4 is 4.74 Å². The second-order valence-corrected chi connectivity index (χ2v) is 6.32. The number of aryl methyl sites for hydroxylation is 1. The van der Waals surface area contributed by atoms with Crippen molar-refractivity contribution in [3.8, 4) is 5.88 Å².